The lowest BCUT2D eigenvalue weighted by atomic mass is 10.2. The molecule has 6 heteroatoms. The fourth-order valence-electron chi connectivity index (χ4n) is 3.26. The number of rotatable bonds is 7. The van der Waals surface area contributed by atoms with Gasteiger partial charge < -0.3 is 15.0 Å². The maximum absolute atomic E-state index is 12.5. The van der Waals surface area contributed by atoms with Crippen molar-refractivity contribution in [2.45, 2.75) is 17.5 Å². The fraction of sp³-hybridized carbons (Fsp3) is 0.125. The van der Waals surface area contributed by atoms with E-state index in [0.717, 1.165) is 21.5 Å². The second-order valence-corrected chi connectivity index (χ2v) is 8.45. The molecule has 1 atom stereocenters. The number of aliphatic hydroxyl groups is 1. The van der Waals surface area contributed by atoms with Crippen LogP contribution in [0.25, 0.3) is 10.9 Å². The van der Waals surface area contributed by atoms with Crippen molar-refractivity contribution < 1.29 is 9.90 Å². The first kappa shape index (κ1) is 20.5. The molecular formula is C24H21ClN2O2S. The Morgan fingerprint density at radius 2 is 1.73 bits per heavy atom. The maximum Gasteiger partial charge on any atom is 0.255 e. The molecule has 0 unspecified atom stereocenters. The zero-order valence-corrected chi connectivity index (χ0v) is 17.7. The molecule has 0 spiro atoms. The van der Waals surface area contributed by atoms with Crippen LogP contribution in [0.1, 0.15) is 10.4 Å². The van der Waals surface area contributed by atoms with E-state index in [1.165, 1.54) is 11.8 Å². The number of para-hydroxylation sites is 2. The Balaban J connectivity index is 1.40. The number of carbonyl (C=O) groups is 1. The van der Waals surface area contributed by atoms with Gasteiger partial charge in [-0.2, -0.15) is 0 Å². The van der Waals surface area contributed by atoms with Gasteiger partial charge in [-0.1, -0.05) is 41.9 Å². The van der Waals surface area contributed by atoms with Crippen molar-refractivity contribution in [3.05, 3.63) is 95.6 Å². The molecule has 1 aromatic heterocycles. The fourth-order valence-corrected chi connectivity index (χ4v) is 4.31. The third kappa shape index (κ3) is 4.87. The average Bonchev–Trinajstić information content (AvgIpc) is 3.16. The maximum atomic E-state index is 12.5. The highest BCUT2D eigenvalue weighted by Crippen LogP contribution is 2.28. The number of amides is 1. The predicted octanol–water partition coefficient (Wildman–Crippen LogP) is 5.70. The van der Waals surface area contributed by atoms with Crippen molar-refractivity contribution >= 4 is 45.9 Å². The molecule has 0 fully saturated rings. The topological polar surface area (TPSA) is 54.3 Å². The minimum Gasteiger partial charge on any atom is -0.390 e. The Bertz CT molecular complexity index is 1160. The third-order valence-corrected chi connectivity index (χ3v) is 6.23. The number of anilines is 1. The zero-order valence-electron chi connectivity index (χ0n) is 16.2. The summed E-state index contributed by atoms with van der Waals surface area (Å²) in [5, 5.41) is 15.3. The summed E-state index contributed by atoms with van der Waals surface area (Å²) in [6.45, 7) is 0.514. The summed E-state index contributed by atoms with van der Waals surface area (Å²) in [7, 11) is 0. The van der Waals surface area contributed by atoms with E-state index in [0.29, 0.717) is 22.9 Å². The smallest absolute Gasteiger partial charge is 0.255 e. The van der Waals surface area contributed by atoms with Crippen LogP contribution in [0.3, 0.4) is 0 Å². The third-order valence-electron chi connectivity index (χ3n) is 4.76. The van der Waals surface area contributed by atoms with Crippen molar-refractivity contribution in [1.82, 2.24) is 4.57 Å². The number of halogens is 1. The van der Waals surface area contributed by atoms with Crippen molar-refractivity contribution in [1.29, 1.82) is 0 Å². The minimum atomic E-state index is -0.522. The van der Waals surface area contributed by atoms with Crippen molar-refractivity contribution in [2.75, 3.05) is 11.1 Å². The van der Waals surface area contributed by atoms with Gasteiger partial charge in [0, 0.05) is 39.5 Å². The minimum absolute atomic E-state index is 0.195. The first-order valence-electron chi connectivity index (χ1n) is 9.61. The van der Waals surface area contributed by atoms with Crippen molar-refractivity contribution in [2.24, 2.45) is 0 Å². The number of benzene rings is 3. The van der Waals surface area contributed by atoms with Gasteiger partial charge in [0.25, 0.3) is 5.91 Å². The zero-order chi connectivity index (χ0) is 20.9. The molecule has 4 rings (SSSR count). The summed E-state index contributed by atoms with van der Waals surface area (Å²) in [5.74, 6) is 0.319. The highest BCUT2D eigenvalue weighted by molar-refractivity contribution is 7.99. The Kier molecular flexibility index (Phi) is 6.43. The van der Waals surface area contributed by atoms with Gasteiger partial charge in [-0.3, -0.25) is 4.79 Å². The SMILES string of the molecule is O=C(Nc1ccccc1SC[C@@H](O)Cn1ccc2ccccc21)c1ccc(Cl)cc1. The molecule has 0 aliphatic rings. The highest BCUT2D eigenvalue weighted by Gasteiger charge is 2.12. The standard InChI is InChI=1S/C24H21ClN2O2S/c25-19-11-9-18(10-12-19)24(29)26-21-6-2-4-8-23(21)30-16-20(28)15-27-14-13-17-5-1-3-7-22(17)27/h1-14,20,28H,15-16H2,(H,26,29)/t20-/m0/s1. The average molecular weight is 437 g/mol. The van der Waals surface area contributed by atoms with Crippen LogP contribution in [-0.4, -0.2) is 27.4 Å². The summed E-state index contributed by atoms with van der Waals surface area (Å²) < 4.78 is 2.06. The van der Waals surface area contributed by atoms with Gasteiger partial charge in [0.2, 0.25) is 0 Å². The van der Waals surface area contributed by atoms with Gasteiger partial charge in [0.05, 0.1) is 11.8 Å². The lowest BCUT2D eigenvalue weighted by Gasteiger charge is -2.15. The van der Waals surface area contributed by atoms with E-state index >= 15 is 0 Å². The van der Waals surface area contributed by atoms with Crippen molar-refractivity contribution in [3.63, 3.8) is 0 Å². The van der Waals surface area contributed by atoms with Crippen LogP contribution in [0.2, 0.25) is 5.02 Å². The predicted molar refractivity (Wildman–Crippen MR) is 125 cm³/mol. The molecule has 1 heterocycles. The second kappa shape index (κ2) is 9.39. The van der Waals surface area contributed by atoms with Crippen LogP contribution in [0.4, 0.5) is 5.69 Å². The van der Waals surface area contributed by atoms with Crippen molar-refractivity contribution in [3.8, 4) is 0 Å². The molecule has 0 aliphatic heterocycles. The molecule has 3 aromatic carbocycles. The highest BCUT2D eigenvalue weighted by atomic mass is 35.5. The molecule has 0 aliphatic carbocycles. The summed E-state index contributed by atoms with van der Waals surface area (Å²) in [4.78, 5) is 13.4. The molecule has 0 radical (unpaired) electrons. The molecule has 2 N–H and O–H groups in total. The Labute approximate surface area is 184 Å². The van der Waals surface area contributed by atoms with Crippen LogP contribution in [0.15, 0.2) is 90.0 Å². The number of hydrogen-bond acceptors (Lipinski definition) is 3. The molecule has 4 aromatic rings. The van der Waals surface area contributed by atoms with Crippen LogP contribution in [0, 0.1) is 0 Å². The molecule has 0 saturated carbocycles. The quantitative estimate of drug-likeness (QED) is 0.365. The van der Waals surface area contributed by atoms with E-state index in [1.807, 2.05) is 42.6 Å². The van der Waals surface area contributed by atoms with E-state index in [-0.39, 0.29) is 5.91 Å². The first-order valence-corrected chi connectivity index (χ1v) is 11.0. The van der Waals surface area contributed by atoms with E-state index in [4.69, 9.17) is 11.6 Å². The number of thioether (sulfide) groups is 1. The number of nitrogens with zero attached hydrogens (tertiary/aromatic N) is 1. The van der Waals surface area contributed by atoms with Crippen LogP contribution in [0.5, 0.6) is 0 Å². The second-order valence-electron chi connectivity index (χ2n) is 6.95. The van der Waals surface area contributed by atoms with Crippen LogP contribution < -0.4 is 5.32 Å². The van der Waals surface area contributed by atoms with Gasteiger partial charge in [-0.15, -0.1) is 11.8 Å². The summed E-state index contributed by atoms with van der Waals surface area (Å²) in [6, 6.07) is 24.6. The van der Waals surface area contributed by atoms with E-state index in [1.54, 1.807) is 24.3 Å². The van der Waals surface area contributed by atoms with Crippen LogP contribution in [-0.2, 0) is 6.54 Å². The normalized spacial score (nSPS) is 12.1. The molecule has 0 saturated heterocycles. The summed E-state index contributed by atoms with van der Waals surface area (Å²) >= 11 is 7.42. The summed E-state index contributed by atoms with van der Waals surface area (Å²) in [6.07, 6.45) is 1.48. The molecule has 1 amide bonds. The van der Waals surface area contributed by atoms with Crippen LogP contribution >= 0.6 is 23.4 Å². The Morgan fingerprint density at radius 1 is 1.00 bits per heavy atom. The number of aromatic nitrogens is 1. The van der Waals surface area contributed by atoms with Gasteiger partial charge in [-0.05, 0) is 53.9 Å². The lowest BCUT2D eigenvalue weighted by molar-refractivity contribution is 0.102. The number of fused-ring (bicyclic) bond motifs is 1. The number of nitrogens with one attached hydrogen (secondary N) is 1. The molecular weight excluding hydrogens is 416 g/mol. The monoisotopic (exact) mass is 436 g/mol. The van der Waals surface area contributed by atoms with E-state index in [2.05, 4.69) is 28.1 Å². The number of hydrogen-bond donors (Lipinski definition) is 2. The van der Waals surface area contributed by atoms with E-state index in [9.17, 15) is 9.90 Å². The van der Waals surface area contributed by atoms with E-state index < -0.39 is 6.10 Å². The number of aliphatic hydroxyl groups excluding tert-OH is 1. The molecule has 0 bridgehead atoms. The molecule has 152 valence electrons. The molecule has 30 heavy (non-hydrogen) atoms. The van der Waals surface area contributed by atoms with Gasteiger partial charge in [0.1, 0.15) is 0 Å². The lowest BCUT2D eigenvalue weighted by Crippen LogP contribution is -2.18. The first-order chi connectivity index (χ1) is 14.6. The van der Waals surface area contributed by atoms with Gasteiger partial charge >= 0.3 is 0 Å². The molecule has 4 nitrogen and oxygen atoms in total. The Morgan fingerprint density at radius 3 is 2.57 bits per heavy atom. The summed E-state index contributed by atoms with van der Waals surface area (Å²) in [5.41, 5.74) is 2.37. The Hall–Kier alpha value is -2.73. The largest absolute Gasteiger partial charge is 0.390 e. The van der Waals surface area contributed by atoms with Gasteiger partial charge in [-0.25, -0.2) is 0 Å². The van der Waals surface area contributed by atoms with Gasteiger partial charge in [0.15, 0.2) is 0 Å². The number of carbonyl (C=O) groups excluding carboxylic acids is 1.